The zero-order valence-corrected chi connectivity index (χ0v) is 57.8. The molecule has 3 fully saturated rings. The summed E-state index contributed by atoms with van der Waals surface area (Å²) in [6.45, 7) is 2.23. The highest BCUT2D eigenvalue weighted by Crippen LogP contribution is 2.39. The number of aliphatic carboxylic acids is 1. The zero-order chi connectivity index (χ0) is 68.9. The number of carbonyl (C=O) groups excluding carboxylic acids is 2. The lowest BCUT2D eigenvalue weighted by Crippen LogP contribution is -2.70. The van der Waals surface area contributed by atoms with Crippen molar-refractivity contribution < 1.29 is 104 Å². The van der Waals surface area contributed by atoms with E-state index in [1.54, 1.807) is 0 Å². The molecule has 0 bridgehead atoms. The van der Waals surface area contributed by atoms with Crippen LogP contribution in [0.3, 0.4) is 0 Å². The molecule has 0 saturated carbocycles. The number of carboxylic acid groups (broad SMARTS) is 1. The number of unbranched alkanes of at least 4 members (excludes halogenated alkanes) is 35. The van der Waals surface area contributed by atoms with Gasteiger partial charge in [0.2, 0.25) is 11.8 Å². The van der Waals surface area contributed by atoms with Crippen LogP contribution >= 0.6 is 0 Å². The van der Waals surface area contributed by atoms with Gasteiger partial charge < -0.3 is 100 Å². The maximum atomic E-state index is 13.5. The molecule has 2 amide bonds. The van der Waals surface area contributed by atoms with Crippen LogP contribution in [0.15, 0.2) is 12.2 Å². The minimum Gasteiger partial charge on any atom is -0.477 e. The number of allylic oxidation sites excluding steroid dienone is 2. The van der Waals surface area contributed by atoms with Crippen molar-refractivity contribution in [3.63, 3.8) is 0 Å². The Morgan fingerprint density at radius 2 is 0.989 bits per heavy atom. The van der Waals surface area contributed by atoms with Gasteiger partial charge in [0.1, 0.15) is 67.1 Å². The summed E-state index contributed by atoms with van der Waals surface area (Å²) < 4.78 is 34.9. The Morgan fingerprint density at radius 3 is 1.44 bits per heavy atom. The molecule has 552 valence electrons. The molecule has 0 aromatic carbocycles. The van der Waals surface area contributed by atoms with Crippen LogP contribution in [-0.4, -0.2) is 215 Å². The van der Waals surface area contributed by atoms with Gasteiger partial charge in [-0.2, -0.15) is 0 Å². The van der Waals surface area contributed by atoms with Gasteiger partial charge in [-0.1, -0.05) is 238 Å². The SMILES string of the molecule is CCCCCCCCCC/C=C\CCCCCCCCCC(=O)NC(COC1OC(CO)C(OC2OC(CO)C(O)C(OC3(C(=O)O)CC(O)C(NC(C)=O)C(C(O)C(O)CO)O3)C2O)C(O)C1O)C(O)CCCCCCCCCCCCCCCCCCCCCCC. The van der Waals surface area contributed by atoms with E-state index >= 15 is 0 Å². The monoisotopic (exact) mass is 1350 g/mol. The van der Waals surface area contributed by atoms with Gasteiger partial charge in [0, 0.05) is 19.8 Å². The highest BCUT2D eigenvalue weighted by Gasteiger charge is 2.60. The minimum absolute atomic E-state index is 0.220. The number of carbonyl (C=O) groups is 3. The number of aliphatic hydroxyl groups is 11. The fourth-order valence-corrected chi connectivity index (χ4v) is 13.1. The molecule has 3 aliphatic heterocycles. The lowest BCUT2D eigenvalue weighted by molar-refractivity contribution is -0.386. The van der Waals surface area contributed by atoms with Gasteiger partial charge in [-0.3, -0.25) is 9.59 Å². The lowest BCUT2D eigenvalue weighted by atomic mass is 9.88. The number of aliphatic hydroxyl groups excluding tert-OH is 11. The molecule has 14 N–H and O–H groups in total. The number of hydrogen-bond donors (Lipinski definition) is 14. The minimum atomic E-state index is -3.08. The van der Waals surface area contributed by atoms with Gasteiger partial charge in [-0.05, 0) is 38.5 Å². The van der Waals surface area contributed by atoms with Crippen LogP contribution in [0.5, 0.6) is 0 Å². The largest absolute Gasteiger partial charge is 0.477 e. The van der Waals surface area contributed by atoms with Gasteiger partial charge in [-0.25, -0.2) is 4.79 Å². The summed E-state index contributed by atoms with van der Waals surface area (Å²) in [5.41, 5.74) is 0. The van der Waals surface area contributed by atoms with Gasteiger partial charge in [0.25, 0.3) is 5.79 Å². The van der Waals surface area contributed by atoms with Crippen LogP contribution < -0.4 is 10.6 Å². The van der Waals surface area contributed by atoms with Crippen LogP contribution in [-0.2, 0) is 42.8 Å². The van der Waals surface area contributed by atoms with Crippen LogP contribution in [0.1, 0.15) is 284 Å². The Labute approximate surface area is 562 Å². The smallest absolute Gasteiger partial charge is 0.364 e. The fraction of sp³-hybridized carbons (Fsp3) is 0.930. The van der Waals surface area contributed by atoms with Crippen LogP contribution in [0.4, 0.5) is 0 Å². The summed E-state index contributed by atoms with van der Waals surface area (Å²) in [6.07, 6.45) is 22.0. The van der Waals surface area contributed by atoms with Crippen molar-refractivity contribution >= 4 is 17.8 Å². The summed E-state index contributed by atoms with van der Waals surface area (Å²) in [5.74, 6) is -6.10. The quantitative estimate of drug-likeness (QED) is 0.0203. The standard InChI is InChI=1S/C71H132N2O21/c1-4-6-8-10-12-14-16-18-20-22-24-25-27-28-30-32-34-36-38-40-42-44-53(78)52(73-58(81)45-43-41-39-37-35-33-31-29-26-23-21-19-17-15-13-11-9-7-5-2)50-89-68-63(85)62(84)65(57(49-76)91-68)92-69-64(86)67(61(83)56(48-75)90-69)94-71(70(87)88)46-54(79)59(72-51(3)77)66(93-71)60(82)55(80)47-74/h23,26,52-57,59-69,74-76,78-80,82-86H,4-22,24-25,27-50H2,1-3H3,(H,72,77)(H,73,81)(H,87,88)/b26-23-. The summed E-state index contributed by atoms with van der Waals surface area (Å²) in [5, 5.41) is 136. The van der Waals surface area contributed by atoms with E-state index in [2.05, 4.69) is 36.6 Å². The summed E-state index contributed by atoms with van der Waals surface area (Å²) in [7, 11) is 0. The van der Waals surface area contributed by atoms with E-state index in [1.165, 1.54) is 154 Å². The van der Waals surface area contributed by atoms with Crippen molar-refractivity contribution in [3.05, 3.63) is 12.2 Å². The number of amides is 2. The Bertz CT molecular complexity index is 1940. The molecule has 3 aliphatic rings. The number of carboxylic acids is 1. The van der Waals surface area contributed by atoms with Crippen molar-refractivity contribution in [2.45, 2.75) is 394 Å². The first kappa shape index (κ1) is 85.7. The van der Waals surface area contributed by atoms with E-state index in [0.29, 0.717) is 19.3 Å². The third kappa shape index (κ3) is 33.1. The highest BCUT2D eigenvalue weighted by molar-refractivity contribution is 5.77. The zero-order valence-electron chi connectivity index (χ0n) is 57.8. The lowest BCUT2D eigenvalue weighted by Gasteiger charge is -2.50. The molecule has 23 nitrogen and oxygen atoms in total. The molecule has 0 aliphatic carbocycles. The third-order valence-electron chi connectivity index (χ3n) is 19.0. The average molecular weight is 1350 g/mol. The average Bonchev–Trinajstić information content (AvgIpc) is 0.762. The molecular formula is C71H132N2O21. The third-order valence-corrected chi connectivity index (χ3v) is 19.0. The maximum absolute atomic E-state index is 13.5. The molecule has 18 unspecified atom stereocenters. The van der Waals surface area contributed by atoms with Crippen molar-refractivity contribution in [1.29, 1.82) is 0 Å². The van der Waals surface area contributed by atoms with Crippen molar-refractivity contribution in [2.24, 2.45) is 0 Å². The van der Waals surface area contributed by atoms with Crippen molar-refractivity contribution in [2.75, 3.05) is 26.4 Å². The van der Waals surface area contributed by atoms with E-state index in [4.69, 9.17) is 28.4 Å². The maximum Gasteiger partial charge on any atom is 0.364 e. The Hall–Kier alpha value is -2.53. The topological polar surface area (TPSA) is 373 Å². The predicted molar refractivity (Wildman–Crippen MR) is 357 cm³/mol. The molecule has 3 rings (SSSR count). The van der Waals surface area contributed by atoms with E-state index in [-0.39, 0.29) is 18.9 Å². The van der Waals surface area contributed by atoms with Crippen molar-refractivity contribution in [3.8, 4) is 0 Å². The van der Waals surface area contributed by atoms with Gasteiger partial charge >= 0.3 is 5.97 Å². The van der Waals surface area contributed by atoms with Gasteiger partial charge in [0.05, 0.1) is 50.7 Å². The first-order chi connectivity index (χ1) is 45.4. The normalized spacial score (nSPS) is 27.9. The predicted octanol–water partition coefficient (Wildman–Crippen LogP) is 7.85. The first-order valence-electron chi connectivity index (χ1n) is 37.0. The van der Waals surface area contributed by atoms with Crippen molar-refractivity contribution in [1.82, 2.24) is 10.6 Å². The van der Waals surface area contributed by atoms with Crippen LogP contribution in [0, 0.1) is 0 Å². The number of hydrogen-bond acceptors (Lipinski definition) is 20. The number of ether oxygens (including phenoxy) is 6. The second-order valence-electron chi connectivity index (χ2n) is 27.2. The van der Waals surface area contributed by atoms with Gasteiger partial charge in [-0.15, -0.1) is 0 Å². The first-order valence-corrected chi connectivity index (χ1v) is 37.0. The second kappa shape index (κ2) is 51.6. The molecule has 0 aromatic heterocycles. The highest BCUT2D eigenvalue weighted by atomic mass is 16.8. The van der Waals surface area contributed by atoms with E-state index in [1.807, 2.05) is 0 Å². The number of rotatable bonds is 57. The Kier molecular flexibility index (Phi) is 47.0. The van der Waals surface area contributed by atoms with Crippen LogP contribution in [0.25, 0.3) is 0 Å². The molecule has 94 heavy (non-hydrogen) atoms. The summed E-state index contributed by atoms with van der Waals surface area (Å²) >= 11 is 0. The molecule has 3 heterocycles. The number of nitrogens with one attached hydrogen (secondary N) is 2. The fourth-order valence-electron chi connectivity index (χ4n) is 13.1. The van der Waals surface area contributed by atoms with E-state index < -0.39 is 148 Å². The van der Waals surface area contributed by atoms with E-state index in [9.17, 15) is 75.7 Å². The Morgan fingerprint density at radius 1 is 0.543 bits per heavy atom. The van der Waals surface area contributed by atoms with E-state index in [0.717, 1.165) is 84.0 Å². The van der Waals surface area contributed by atoms with Crippen LogP contribution in [0.2, 0.25) is 0 Å². The molecule has 23 heteroatoms. The second-order valence-corrected chi connectivity index (χ2v) is 27.2. The molecule has 3 saturated heterocycles. The molecular weight excluding hydrogens is 1220 g/mol. The summed E-state index contributed by atoms with van der Waals surface area (Å²) in [4.78, 5) is 38.6. The molecule has 0 spiro atoms. The molecule has 0 radical (unpaired) electrons. The summed E-state index contributed by atoms with van der Waals surface area (Å²) in [6, 6.07) is -2.53. The Balaban J connectivity index is 1.57. The van der Waals surface area contributed by atoms with Gasteiger partial charge in [0.15, 0.2) is 12.6 Å². The molecule has 18 atom stereocenters. The molecule has 0 aromatic rings.